The SMILES string of the molecule is O=C(NCc1ccncc1)c1cc(-c2ccccc2Cl)nn1-c1cccc([N+](=O)[O-])c1. The number of aromatic nitrogens is 3. The van der Waals surface area contributed by atoms with Gasteiger partial charge in [0.1, 0.15) is 5.69 Å². The molecule has 1 N–H and O–H groups in total. The summed E-state index contributed by atoms with van der Waals surface area (Å²) in [7, 11) is 0. The predicted molar refractivity (Wildman–Crippen MR) is 116 cm³/mol. The maximum atomic E-state index is 13.0. The number of nitro benzene ring substituents is 1. The fraction of sp³-hybridized carbons (Fsp3) is 0.0455. The first-order valence-electron chi connectivity index (χ1n) is 9.30. The van der Waals surface area contributed by atoms with Crippen molar-refractivity contribution in [2.75, 3.05) is 0 Å². The van der Waals surface area contributed by atoms with Gasteiger partial charge in [-0.3, -0.25) is 19.9 Å². The average molecular weight is 434 g/mol. The molecule has 154 valence electrons. The summed E-state index contributed by atoms with van der Waals surface area (Å²) in [6.45, 7) is 0.295. The van der Waals surface area contributed by atoms with E-state index in [1.807, 2.05) is 6.07 Å². The minimum Gasteiger partial charge on any atom is -0.347 e. The zero-order chi connectivity index (χ0) is 21.8. The molecule has 0 saturated carbocycles. The van der Waals surface area contributed by atoms with Crippen LogP contribution in [0.25, 0.3) is 16.9 Å². The van der Waals surface area contributed by atoms with Crippen LogP contribution in [0.5, 0.6) is 0 Å². The van der Waals surface area contributed by atoms with Crippen molar-refractivity contribution in [3.05, 3.63) is 106 Å². The third-order valence-electron chi connectivity index (χ3n) is 4.58. The summed E-state index contributed by atoms with van der Waals surface area (Å²) in [5, 5.41) is 19.1. The van der Waals surface area contributed by atoms with Gasteiger partial charge in [0.15, 0.2) is 0 Å². The van der Waals surface area contributed by atoms with Crippen LogP contribution >= 0.6 is 11.6 Å². The Hall–Kier alpha value is -4.04. The fourth-order valence-electron chi connectivity index (χ4n) is 3.05. The first kappa shape index (κ1) is 20.2. The van der Waals surface area contributed by atoms with Crippen molar-refractivity contribution in [1.82, 2.24) is 20.1 Å². The Morgan fingerprint density at radius 1 is 1.06 bits per heavy atom. The van der Waals surface area contributed by atoms with Gasteiger partial charge in [-0.1, -0.05) is 35.9 Å². The number of nitrogens with zero attached hydrogens (tertiary/aromatic N) is 4. The van der Waals surface area contributed by atoms with Crippen LogP contribution in [0, 0.1) is 10.1 Å². The quantitative estimate of drug-likeness (QED) is 0.358. The molecule has 8 nitrogen and oxygen atoms in total. The zero-order valence-electron chi connectivity index (χ0n) is 16.1. The van der Waals surface area contributed by atoms with Crippen LogP contribution in [0.2, 0.25) is 5.02 Å². The number of nitro groups is 1. The van der Waals surface area contributed by atoms with Gasteiger partial charge in [0, 0.05) is 36.6 Å². The molecule has 2 aromatic heterocycles. The highest BCUT2D eigenvalue weighted by atomic mass is 35.5. The van der Waals surface area contributed by atoms with Crippen molar-refractivity contribution in [3.8, 4) is 16.9 Å². The molecule has 31 heavy (non-hydrogen) atoms. The summed E-state index contributed by atoms with van der Waals surface area (Å²) >= 11 is 6.31. The van der Waals surface area contributed by atoms with Gasteiger partial charge < -0.3 is 5.32 Å². The lowest BCUT2D eigenvalue weighted by molar-refractivity contribution is -0.384. The standard InChI is InChI=1S/C22H16ClN5O3/c23-19-7-2-1-6-18(19)20-13-21(22(29)25-14-15-8-10-24-11-9-15)27(26-20)16-4-3-5-17(12-16)28(30)31/h1-13H,14H2,(H,25,29). The van der Waals surface area contributed by atoms with Gasteiger partial charge in [-0.05, 0) is 35.9 Å². The second-order valence-electron chi connectivity index (χ2n) is 6.62. The van der Waals surface area contributed by atoms with E-state index in [0.29, 0.717) is 28.5 Å². The van der Waals surface area contributed by atoms with Crippen LogP contribution in [0.3, 0.4) is 0 Å². The Bertz CT molecular complexity index is 1260. The highest BCUT2D eigenvalue weighted by Gasteiger charge is 2.20. The molecule has 0 aliphatic heterocycles. The molecule has 4 aromatic rings. The molecule has 9 heteroatoms. The third-order valence-corrected chi connectivity index (χ3v) is 4.91. The molecule has 2 heterocycles. The molecular weight excluding hydrogens is 418 g/mol. The number of hydrogen-bond acceptors (Lipinski definition) is 5. The number of amides is 1. The van der Waals surface area contributed by atoms with E-state index in [4.69, 9.17) is 11.6 Å². The lowest BCUT2D eigenvalue weighted by Crippen LogP contribution is -2.25. The highest BCUT2D eigenvalue weighted by Crippen LogP contribution is 2.29. The molecule has 1 amide bonds. The van der Waals surface area contributed by atoms with Gasteiger partial charge in [-0.25, -0.2) is 4.68 Å². The minimum atomic E-state index is -0.495. The Kier molecular flexibility index (Phi) is 5.72. The molecule has 0 bridgehead atoms. The number of hydrogen-bond donors (Lipinski definition) is 1. The monoisotopic (exact) mass is 433 g/mol. The summed E-state index contributed by atoms with van der Waals surface area (Å²) in [4.78, 5) is 27.7. The van der Waals surface area contributed by atoms with E-state index >= 15 is 0 Å². The zero-order valence-corrected chi connectivity index (χ0v) is 16.9. The molecule has 0 aliphatic carbocycles. The number of carbonyl (C=O) groups is 1. The van der Waals surface area contributed by atoms with Crippen molar-refractivity contribution < 1.29 is 9.72 Å². The summed E-state index contributed by atoms with van der Waals surface area (Å²) in [5.41, 5.74) is 2.53. The molecule has 0 spiro atoms. The van der Waals surface area contributed by atoms with Gasteiger partial charge in [-0.15, -0.1) is 0 Å². The second-order valence-corrected chi connectivity index (χ2v) is 7.03. The normalized spacial score (nSPS) is 10.6. The summed E-state index contributed by atoms with van der Waals surface area (Å²) in [6, 6.07) is 18.3. The van der Waals surface area contributed by atoms with Gasteiger partial charge in [0.05, 0.1) is 21.3 Å². The minimum absolute atomic E-state index is 0.101. The largest absolute Gasteiger partial charge is 0.347 e. The van der Waals surface area contributed by atoms with E-state index in [1.165, 1.54) is 16.8 Å². The van der Waals surface area contributed by atoms with Crippen molar-refractivity contribution in [1.29, 1.82) is 0 Å². The van der Waals surface area contributed by atoms with Crippen LogP contribution in [-0.4, -0.2) is 25.6 Å². The maximum Gasteiger partial charge on any atom is 0.271 e. The van der Waals surface area contributed by atoms with Crippen LogP contribution in [-0.2, 0) is 6.54 Å². The molecule has 0 atom stereocenters. The summed E-state index contributed by atoms with van der Waals surface area (Å²) in [6.07, 6.45) is 3.29. The second kappa shape index (κ2) is 8.76. The number of non-ortho nitro benzene ring substituents is 1. The molecular formula is C22H16ClN5O3. The molecule has 0 unspecified atom stereocenters. The highest BCUT2D eigenvalue weighted by molar-refractivity contribution is 6.33. The van der Waals surface area contributed by atoms with Gasteiger partial charge in [0.2, 0.25) is 0 Å². The van der Waals surface area contributed by atoms with Crippen molar-refractivity contribution in [3.63, 3.8) is 0 Å². The van der Waals surface area contributed by atoms with Crippen LogP contribution < -0.4 is 5.32 Å². The van der Waals surface area contributed by atoms with Crippen molar-refractivity contribution >= 4 is 23.2 Å². The first-order chi connectivity index (χ1) is 15.0. The molecule has 4 rings (SSSR count). The summed E-state index contributed by atoms with van der Waals surface area (Å²) < 4.78 is 1.38. The molecule has 0 saturated heterocycles. The first-order valence-corrected chi connectivity index (χ1v) is 9.67. The molecule has 0 radical (unpaired) electrons. The van der Waals surface area contributed by atoms with Crippen LogP contribution in [0.4, 0.5) is 5.69 Å². The van der Waals surface area contributed by atoms with Crippen LogP contribution in [0.15, 0.2) is 79.1 Å². The van der Waals surface area contributed by atoms with E-state index < -0.39 is 4.92 Å². The predicted octanol–water partition coefficient (Wildman–Crippen LogP) is 4.43. The number of halogens is 1. The number of benzene rings is 2. The number of carbonyl (C=O) groups excluding carboxylic acids is 1. The third kappa shape index (κ3) is 4.44. The Labute approximate surface area is 182 Å². The van der Waals surface area contributed by atoms with E-state index in [9.17, 15) is 14.9 Å². The molecule has 0 aliphatic rings. The molecule has 2 aromatic carbocycles. The Morgan fingerprint density at radius 3 is 2.58 bits per heavy atom. The van der Waals surface area contributed by atoms with Crippen LogP contribution in [0.1, 0.15) is 16.1 Å². The Morgan fingerprint density at radius 2 is 1.84 bits per heavy atom. The van der Waals surface area contributed by atoms with E-state index in [-0.39, 0.29) is 17.3 Å². The average Bonchev–Trinajstić information content (AvgIpc) is 3.24. The lowest BCUT2D eigenvalue weighted by Gasteiger charge is -2.08. The Balaban J connectivity index is 1.75. The summed E-state index contributed by atoms with van der Waals surface area (Å²) in [5.74, 6) is -0.380. The fourth-order valence-corrected chi connectivity index (χ4v) is 3.28. The maximum absolute atomic E-state index is 13.0. The van der Waals surface area contributed by atoms with Gasteiger partial charge in [-0.2, -0.15) is 5.10 Å². The lowest BCUT2D eigenvalue weighted by atomic mass is 10.1. The number of rotatable bonds is 6. The number of nitrogens with one attached hydrogen (secondary N) is 1. The van der Waals surface area contributed by atoms with Crippen molar-refractivity contribution in [2.24, 2.45) is 0 Å². The van der Waals surface area contributed by atoms with Gasteiger partial charge in [0.25, 0.3) is 11.6 Å². The van der Waals surface area contributed by atoms with E-state index in [0.717, 1.165) is 5.56 Å². The van der Waals surface area contributed by atoms with Crippen molar-refractivity contribution in [2.45, 2.75) is 6.54 Å². The van der Waals surface area contributed by atoms with Gasteiger partial charge >= 0.3 is 0 Å². The smallest absolute Gasteiger partial charge is 0.271 e. The molecule has 0 fully saturated rings. The van der Waals surface area contributed by atoms with E-state index in [2.05, 4.69) is 15.4 Å². The van der Waals surface area contributed by atoms with E-state index in [1.54, 1.807) is 60.9 Å². The number of pyridine rings is 1. The topological polar surface area (TPSA) is 103 Å².